The second kappa shape index (κ2) is 5.84. The minimum Gasteiger partial charge on any atom is -0.495 e. The Morgan fingerprint density at radius 3 is 2.59 bits per heavy atom. The van der Waals surface area contributed by atoms with Crippen molar-refractivity contribution in [1.82, 2.24) is 15.1 Å². The third-order valence-electron chi connectivity index (χ3n) is 4.00. The van der Waals surface area contributed by atoms with E-state index in [2.05, 4.69) is 27.0 Å². The van der Waals surface area contributed by atoms with Gasteiger partial charge in [0.2, 0.25) is 5.89 Å². The number of benzene rings is 1. The molecule has 1 fully saturated rings. The van der Waals surface area contributed by atoms with Gasteiger partial charge in [-0.1, -0.05) is 5.10 Å². The molecule has 2 aromatic rings. The molecule has 0 amide bonds. The zero-order valence-electron chi connectivity index (χ0n) is 13.2. The summed E-state index contributed by atoms with van der Waals surface area (Å²) >= 11 is 0. The summed E-state index contributed by atoms with van der Waals surface area (Å²) in [7, 11) is 3.70. The quantitative estimate of drug-likeness (QED) is 0.858. The van der Waals surface area contributed by atoms with Crippen LogP contribution in [0.3, 0.4) is 0 Å². The number of likely N-dealkylation sites (N-methyl/N-ethyl adjacent to an activating group) is 1. The number of anilines is 2. The van der Waals surface area contributed by atoms with Crippen LogP contribution in [0, 0.1) is 6.92 Å². The van der Waals surface area contributed by atoms with E-state index in [-0.39, 0.29) is 0 Å². The van der Waals surface area contributed by atoms with E-state index in [1.165, 1.54) is 0 Å². The number of aryl methyl sites for hydroxylation is 1. The number of nitrogens with zero attached hydrogens (tertiary/aromatic N) is 4. The number of piperazine rings is 1. The van der Waals surface area contributed by atoms with Gasteiger partial charge in [-0.3, -0.25) is 0 Å². The van der Waals surface area contributed by atoms with Crippen molar-refractivity contribution in [3.63, 3.8) is 0 Å². The molecule has 0 atom stereocenters. The van der Waals surface area contributed by atoms with Crippen molar-refractivity contribution >= 4 is 11.7 Å². The first-order valence-corrected chi connectivity index (χ1v) is 7.30. The van der Waals surface area contributed by atoms with Gasteiger partial charge >= 0.3 is 6.01 Å². The molecule has 118 valence electrons. The first kappa shape index (κ1) is 14.6. The van der Waals surface area contributed by atoms with Crippen LogP contribution in [-0.2, 0) is 0 Å². The van der Waals surface area contributed by atoms with E-state index in [1.54, 1.807) is 7.11 Å². The van der Waals surface area contributed by atoms with E-state index in [4.69, 9.17) is 14.9 Å². The monoisotopic (exact) mass is 303 g/mol. The number of methoxy groups -OCH3 is 1. The fraction of sp³-hybridized carbons (Fsp3) is 0.467. The molecule has 7 heteroatoms. The molecule has 1 aromatic heterocycles. The number of aromatic nitrogens is 2. The molecule has 0 aliphatic carbocycles. The van der Waals surface area contributed by atoms with Crippen LogP contribution >= 0.6 is 0 Å². The van der Waals surface area contributed by atoms with E-state index in [0.29, 0.717) is 23.3 Å². The smallest absolute Gasteiger partial charge is 0.318 e. The van der Waals surface area contributed by atoms with E-state index >= 15 is 0 Å². The summed E-state index contributed by atoms with van der Waals surface area (Å²) in [6.07, 6.45) is 0. The molecule has 0 saturated carbocycles. The van der Waals surface area contributed by atoms with Crippen LogP contribution in [0.4, 0.5) is 11.7 Å². The maximum absolute atomic E-state index is 5.91. The number of nitrogen functional groups attached to an aromatic ring is 1. The van der Waals surface area contributed by atoms with Crippen molar-refractivity contribution in [3.05, 3.63) is 17.7 Å². The molecular weight excluding hydrogens is 282 g/mol. The molecule has 0 spiro atoms. The fourth-order valence-corrected chi connectivity index (χ4v) is 2.57. The second-order valence-electron chi connectivity index (χ2n) is 5.59. The van der Waals surface area contributed by atoms with Gasteiger partial charge in [0, 0.05) is 31.7 Å². The molecule has 1 aliphatic rings. The summed E-state index contributed by atoms with van der Waals surface area (Å²) in [5.74, 6) is 1.10. The lowest BCUT2D eigenvalue weighted by atomic mass is 10.1. The first-order valence-electron chi connectivity index (χ1n) is 7.30. The fourth-order valence-electron chi connectivity index (χ4n) is 2.57. The molecule has 2 N–H and O–H groups in total. The van der Waals surface area contributed by atoms with E-state index < -0.39 is 0 Å². The van der Waals surface area contributed by atoms with Crippen LogP contribution in [0.15, 0.2) is 16.5 Å². The van der Waals surface area contributed by atoms with Crippen molar-refractivity contribution in [2.45, 2.75) is 6.92 Å². The normalized spacial score (nSPS) is 16.0. The summed E-state index contributed by atoms with van der Waals surface area (Å²) in [4.78, 5) is 4.39. The average Bonchev–Trinajstić information content (AvgIpc) is 2.98. The molecule has 0 bridgehead atoms. The number of rotatable bonds is 3. The van der Waals surface area contributed by atoms with E-state index in [1.807, 2.05) is 19.1 Å². The van der Waals surface area contributed by atoms with Gasteiger partial charge in [-0.2, -0.15) is 0 Å². The number of hydrogen-bond acceptors (Lipinski definition) is 7. The van der Waals surface area contributed by atoms with Crippen molar-refractivity contribution in [2.24, 2.45) is 0 Å². The number of nitrogens with two attached hydrogens (primary N) is 1. The van der Waals surface area contributed by atoms with Gasteiger partial charge in [0.1, 0.15) is 5.75 Å². The Labute approximate surface area is 129 Å². The Balaban J connectivity index is 1.87. The van der Waals surface area contributed by atoms with E-state index in [9.17, 15) is 0 Å². The van der Waals surface area contributed by atoms with Crippen LogP contribution < -0.4 is 15.4 Å². The third kappa shape index (κ3) is 2.71. The standard InChI is InChI=1S/C15H21N5O2/c1-10-8-12(16)13(21-3)9-11(10)14-17-18-15(22-14)20-6-4-19(2)5-7-20/h8-9H,4-7,16H2,1-3H3. The molecule has 2 heterocycles. The predicted octanol–water partition coefficient (Wildman–Crippen LogP) is 1.39. The Morgan fingerprint density at radius 2 is 1.91 bits per heavy atom. The Kier molecular flexibility index (Phi) is 3.89. The van der Waals surface area contributed by atoms with Gasteiger partial charge in [0.25, 0.3) is 0 Å². The summed E-state index contributed by atoms with van der Waals surface area (Å²) < 4.78 is 11.1. The number of ether oxygens (including phenoxy) is 1. The van der Waals surface area contributed by atoms with Crippen LogP contribution in [0.25, 0.3) is 11.5 Å². The molecule has 1 aromatic carbocycles. The van der Waals surface area contributed by atoms with Crippen molar-refractivity contribution in [1.29, 1.82) is 0 Å². The zero-order valence-corrected chi connectivity index (χ0v) is 13.2. The summed E-state index contributed by atoms with van der Waals surface area (Å²) in [6.45, 7) is 5.73. The van der Waals surface area contributed by atoms with Crippen molar-refractivity contribution in [2.75, 3.05) is 51.0 Å². The van der Waals surface area contributed by atoms with Crippen molar-refractivity contribution < 1.29 is 9.15 Å². The molecule has 0 radical (unpaired) electrons. The van der Waals surface area contributed by atoms with Crippen molar-refractivity contribution in [3.8, 4) is 17.2 Å². The van der Waals surface area contributed by atoms with Gasteiger partial charge in [-0.05, 0) is 31.7 Å². The highest BCUT2D eigenvalue weighted by molar-refractivity contribution is 5.68. The lowest BCUT2D eigenvalue weighted by Crippen LogP contribution is -2.44. The topological polar surface area (TPSA) is 80.7 Å². The summed E-state index contributed by atoms with van der Waals surface area (Å²) in [5, 5.41) is 8.36. The molecule has 22 heavy (non-hydrogen) atoms. The molecule has 1 saturated heterocycles. The summed E-state index contributed by atoms with van der Waals surface area (Å²) in [5.41, 5.74) is 8.33. The van der Waals surface area contributed by atoms with Crippen LogP contribution in [-0.4, -0.2) is 55.4 Å². The Morgan fingerprint density at radius 1 is 1.18 bits per heavy atom. The molecule has 3 rings (SSSR count). The Hall–Kier alpha value is -2.28. The first-order chi connectivity index (χ1) is 10.6. The highest BCUT2D eigenvalue weighted by atomic mass is 16.5. The van der Waals surface area contributed by atoms with E-state index in [0.717, 1.165) is 37.3 Å². The average molecular weight is 303 g/mol. The molecule has 0 unspecified atom stereocenters. The van der Waals surface area contributed by atoms with Crippen LogP contribution in [0.5, 0.6) is 5.75 Å². The highest BCUT2D eigenvalue weighted by Crippen LogP contribution is 2.32. The molecular formula is C15H21N5O2. The third-order valence-corrected chi connectivity index (χ3v) is 4.00. The van der Waals surface area contributed by atoms with Crippen LogP contribution in [0.2, 0.25) is 0 Å². The lowest BCUT2D eigenvalue weighted by Gasteiger charge is -2.30. The van der Waals surface area contributed by atoms with Gasteiger partial charge < -0.3 is 24.7 Å². The largest absolute Gasteiger partial charge is 0.495 e. The second-order valence-corrected chi connectivity index (χ2v) is 5.59. The predicted molar refractivity (Wildman–Crippen MR) is 85.1 cm³/mol. The molecule has 1 aliphatic heterocycles. The highest BCUT2D eigenvalue weighted by Gasteiger charge is 2.21. The summed E-state index contributed by atoms with van der Waals surface area (Å²) in [6, 6.07) is 4.26. The minimum atomic E-state index is 0.490. The Bertz CT molecular complexity index is 662. The lowest BCUT2D eigenvalue weighted by molar-refractivity contribution is 0.305. The molecule has 7 nitrogen and oxygen atoms in total. The zero-order chi connectivity index (χ0) is 15.7. The van der Waals surface area contributed by atoms with Crippen LogP contribution in [0.1, 0.15) is 5.56 Å². The van der Waals surface area contributed by atoms with Gasteiger partial charge in [-0.25, -0.2) is 0 Å². The van der Waals surface area contributed by atoms with Gasteiger partial charge in [-0.15, -0.1) is 5.10 Å². The van der Waals surface area contributed by atoms with Gasteiger partial charge in [0.05, 0.1) is 12.8 Å². The SMILES string of the molecule is COc1cc(-c2nnc(N3CCN(C)CC3)o2)c(C)cc1N. The maximum Gasteiger partial charge on any atom is 0.318 e. The van der Waals surface area contributed by atoms with Gasteiger partial charge in [0.15, 0.2) is 0 Å². The minimum absolute atomic E-state index is 0.490. The maximum atomic E-state index is 5.91. The number of hydrogen-bond donors (Lipinski definition) is 1.